The van der Waals surface area contributed by atoms with Crippen LogP contribution >= 0.6 is 11.3 Å². The Morgan fingerprint density at radius 1 is 0.974 bits per heavy atom. The van der Waals surface area contributed by atoms with Gasteiger partial charge >= 0.3 is 6.18 Å². The molecule has 4 aromatic rings. The van der Waals surface area contributed by atoms with Crippen molar-refractivity contribution in [1.82, 2.24) is 9.55 Å². The van der Waals surface area contributed by atoms with Gasteiger partial charge in [0, 0.05) is 53.2 Å². The number of thiophene rings is 1. The molecule has 0 atom stereocenters. The Balaban J connectivity index is 1.36. The molecular formula is C30H38F3N3OS. The number of H-pyrrole nitrogens is 1. The van der Waals surface area contributed by atoms with Crippen LogP contribution < -0.4 is 10.5 Å². The van der Waals surface area contributed by atoms with Gasteiger partial charge in [-0.3, -0.25) is 4.79 Å². The summed E-state index contributed by atoms with van der Waals surface area (Å²) in [5, 5.41) is 4.18. The molecular weight excluding hydrogens is 507 g/mol. The van der Waals surface area contributed by atoms with Crippen LogP contribution in [0, 0.1) is 6.92 Å². The first kappa shape index (κ1) is 28.3. The van der Waals surface area contributed by atoms with Crippen LogP contribution in [-0.2, 0) is 19.1 Å². The van der Waals surface area contributed by atoms with Crippen molar-refractivity contribution >= 4 is 38.1 Å². The molecule has 0 spiro atoms. The Kier molecular flexibility index (Phi) is 9.23. The van der Waals surface area contributed by atoms with Crippen LogP contribution in [0.5, 0.6) is 0 Å². The Bertz CT molecular complexity index is 1400. The van der Waals surface area contributed by atoms with Gasteiger partial charge in [0.05, 0.1) is 10.6 Å². The first-order valence-electron chi connectivity index (χ1n) is 13.8. The van der Waals surface area contributed by atoms with Crippen molar-refractivity contribution < 1.29 is 13.2 Å². The van der Waals surface area contributed by atoms with Crippen molar-refractivity contribution in [2.75, 3.05) is 18.0 Å². The summed E-state index contributed by atoms with van der Waals surface area (Å²) >= 11 is 1.80. The summed E-state index contributed by atoms with van der Waals surface area (Å²) in [5.41, 5.74) is 1.39. The Labute approximate surface area is 226 Å². The van der Waals surface area contributed by atoms with E-state index in [4.69, 9.17) is 0 Å². The first-order valence-corrected chi connectivity index (χ1v) is 14.7. The van der Waals surface area contributed by atoms with Crippen molar-refractivity contribution in [1.29, 1.82) is 0 Å². The molecule has 0 radical (unpaired) electrons. The van der Waals surface area contributed by atoms with Crippen molar-refractivity contribution in [2.24, 2.45) is 0 Å². The highest BCUT2D eigenvalue weighted by molar-refractivity contribution is 7.14. The second-order valence-electron chi connectivity index (χ2n) is 10.0. The average molecular weight is 546 g/mol. The molecule has 38 heavy (non-hydrogen) atoms. The zero-order valence-corrected chi connectivity index (χ0v) is 23.4. The maximum absolute atomic E-state index is 13.9. The number of fused-ring (bicyclic) bond motifs is 3. The maximum atomic E-state index is 13.9. The summed E-state index contributed by atoms with van der Waals surface area (Å²) in [6.45, 7) is 9.09. The molecule has 0 unspecified atom stereocenters. The summed E-state index contributed by atoms with van der Waals surface area (Å²) in [6.07, 6.45) is 4.31. The van der Waals surface area contributed by atoms with Gasteiger partial charge in [0.25, 0.3) is 0 Å². The van der Waals surface area contributed by atoms with E-state index in [0.29, 0.717) is 11.5 Å². The van der Waals surface area contributed by atoms with Gasteiger partial charge in [-0.05, 0) is 68.3 Å². The van der Waals surface area contributed by atoms with Gasteiger partial charge in [0.2, 0.25) is 5.56 Å². The number of anilines is 1. The van der Waals surface area contributed by atoms with Gasteiger partial charge in [0.15, 0.2) is 0 Å². The largest absolute Gasteiger partial charge is 0.417 e. The van der Waals surface area contributed by atoms with Gasteiger partial charge in [-0.1, -0.05) is 39.0 Å². The number of rotatable bonds is 13. The zero-order valence-electron chi connectivity index (χ0n) is 22.6. The number of hydrogen-bond acceptors (Lipinski definition) is 3. The summed E-state index contributed by atoms with van der Waals surface area (Å²) in [7, 11) is 0. The average Bonchev–Trinajstić information content (AvgIpc) is 3.50. The Morgan fingerprint density at radius 3 is 2.32 bits per heavy atom. The lowest BCUT2D eigenvalue weighted by Gasteiger charge is -2.20. The number of nitrogens with one attached hydrogen (secondary N) is 1. The van der Waals surface area contributed by atoms with Gasteiger partial charge in [-0.15, -0.1) is 11.3 Å². The summed E-state index contributed by atoms with van der Waals surface area (Å²) in [5.74, 6) is 0. The molecule has 0 fully saturated rings. The Morgan fingerprint density at radius 2 is 1.68 bits per heavy atom. The number of unbranched alkanes of at least 4 members (excludes halogenated alkanes) is 6. The smallest absolute Gasteiger partial charge is 0.364 e. The predicted molar refractivity (Wildman–Crippen MR) is 154 cm³/mol. The van der Waals surface area contributed by atoms with E-state index in [1.807, 2.05) is 19.9 Å². The van der Waals surface area contributed by atoms with Crippen LogP contribution in [0.1, 0.15) is 75.6 Å². The van der Waals surface area contributed by atoms with E-state index >= 15 is 0 Å². The number of nitrogens with zero attached hydrogens (tertiary/aromatic N) is 2. The Hall–Kier alpha value is -2.74. The summed E-state index contributed by atoms with van der Waals surface area (Å²) in [4.78, 5) is 17.0. The van der Waals surface area contributed by atoms with Crippen molar-refractivity contribution in [3.63, 3.8) is 0 Å². The number of aromatic amines is 1. The van der Waals surface area contributed by atoms with Gasteiger partial charge in [-0.25, -0.2) is 0 Å². The van der Waals surface area contributed by atoms with Gasteiger partial charge in [0.1, 0.15) is 0 Å². The number of hydrogen-bond donors (Lipinski definition) is 1. The van der Waals surface area contributed by atoms with E-state index in [9.17, 15) is 18.0 Å². The lowest BCUT2D eigenvalue weighted by atomic mass is 10.0. The number of alkyl halides is 3. The molecule has 8 heteroatoms. The fraction of sp³-hybridized carbons (Fsp3) is 0.500. The normalized spacial score (nSPS) is 12.2. The molecule has 0 aliphatic carbocycles. The third-order valence-electron chi connectivity index (χ3n) is 7.56. The number of aromatic nitrogens is 2. The quantitative estimate of drug-likeness (QED) is 0.171. The van der Waals surface area contributed by atoms with Gasteiger partial charge in [-0.2, -0.15) is 13.2 Å². The molecule has 0 saturated carbocycles. The monoisotopic (exact) mass is 545 g/mol. The SMILES string of the molecule is CCc1c(C)c2c3c(C(F)(F)F)cc(=O)[nH]c3ccc2n1CCCCCCCCCN(CC)c1cccs1. The van der Waals surface area contributed by atoms with Crippen LogP contribution in [0.4, 0.5) is 18.2 Å². The van der Waals surface area contributed by atoms with Crippen LogP contribution in [0.3, 0.4) is 0 Å². The molecule has 0 amide bonds. The highest BCUT2D eigenvalue weighted by atomic mass is 32.1. The van der Waals surface area contributed by atoms with Crippen molar-refractivity contribution in [3.05, 3.63) is 62.9 Å². The summed E-state index contributed by atoms with van der Waals surface area (Å²) in [6, 6.07) is 8.45. The molecule has 206 valence electrons. The highest BCUT2D eigenvalue weighted by Crippen LogP contribution is 2.39. The second-order valence-corrected chi connectivity index (χ2v) is 10.9. The van der Waals surface area contributed by atoms with E-state index < -0.39 is 17.3 Å². The topological polar surface area (TPSA) is 41.0 Å². The number of pyridine rings is 1. The fourth-order valence-corrected chi connectivity index (χ4v) is 6.53. The second kappa shape index (κ2) is 12.4. The lowest BCUT2D eigenvalue weighted by molar-refractivity contribution is -0.136. The van der Waals surface area contributed by atoms with Crippen molar-refractivity contribution in [3.8, 4) is 0 Å². The first-order chi connectivity index (χ1) is 18.3. The number of halogens is 3. The minimum atomic E-state index is -4.60. The fourth-order valence-electron chi connectivity index (χ4n) is 5.71. The molecule has 0 aliphatic rings. The minimum Gasteiger partial charge on any atom is -0.364 e. The molecule has 0 bridgehead atoms. The third-order valence-corrected chi connectivity index (χ3v) is 8.49. The standard InChI is InChI=1S/C30H38F3N3OS/c1-4-24-21(3)28-25(16-15-23-29(28)22(30(31,32)33)20-26(37)34-23)36(24)18-12-10-8-6-7-9-11-17-35(5-2)27-14-13-19-38-27/h13-16,19-20H,4-12,17-18H2,1-3H3,(H,34,37). The number of benzene rings is 1. The summed E-state index contributed by atoms with van der Waals surface area (Å²) < 4.78 is 43.9. The third kappa shape index (κ3) is 6.11. The van der Waals surface area contributed by atoms with E-state index in [-0.39, 0.29) is 10.9 Å². The van der Waals surface area contributed by atoms with Gasteiger partial charge < -0.3 is 14.5 Å². The maximum Gasteiger partial charge on any atom is 0.417 e. The van der Waals surface area contributed by atoms with Crippen LogP contribution in [0.15, 0.2) is 40.5 Å². The molecule has 4 nitrogen and oxygen atoms in total. The van der Waals surface area contributed by atoms with E-state index in [1.54, 1.807) is 17.4 Å². The predicted octanol–water partition coefficient (Wildman–Crippen LogP) is 8.69. The molecule has 0 aliphatic heterocycles. The van der Waals surface area contributed by atoms with Crippen LogP contribution in [0.2, 0.25) is 0 Å². The van der Waals surface area contributed by atoms with E-state index in [1.165, 1.54) is 37.1 Å². The molecule has 3 heterocycles. The van der Waals surface area contributed by atoms with E-state index in [0.717, 1.165) is 55.7 Å². The lowest BCUT2D eigenvalue weighted by Crippen LogP contribution is -2.22. The van der Waals surface area contributed by atoms with Crippen LogP contribution in [0.25, 0.3) is 21.8 Å². The minimum absolute atomic E-state index is 0.0984. The van der Waals surface area contributed by atoms with Crippen molar-refractivity contribution in [2.45, 2.75) is 84.9 Å². The van der Waals surface area contributed by atoms with E-state index in [2.05, 4.69) is 38.9 Å². The number of aryl methyl sites for hydroxylation is 2. The molecule has 0 saturated heterocycles. The molecule has 3 aromatic heterocycles. The zero-order chi connectivity index (χ0) is 27.3. The van der Waals surface area contributed by atoms with Crippen LogP contribution in [-0.4, -0.2) is 22.6 Å². The molecule has 1 N–H and O–H groups in total. The highest BCUT2D eigenvalue weighted by Gasteiger charge is 2.34. The molecule has 4 rings (SSSR count). The molecule has 1 aromatic carbocycles.